The first kappa shape index (κ1) is 17.1. The molecule has 0 radical (unpaired) electrons. The lowest BCUT2D eigenvalue weighted by Crippen LogP contribution is -2.37. The number of aliphatic hydroxyl groups is 1. The molecule has 0 saturated carbocycles. The SMILES string of the molecule is CC(C)(CCO)CNC(=O)COc1ccc(Cl)cc1Cl. The van der Waals surface area contributed by atoms with Crippen LogP contribution in [-0.2, 0) is 4.79 Å². The van der Waals surface area contributed by atoms with Gasteiger partial charge in [0.25, 0.3) is 5.91 Å². The van der Waals surface area contributed by atoms with Gasteiger partial charge in [-0.15, -0.1) is 0 Å². The fourth-order valence-electron chi connectivity index (χ4n) is 1.52. The van der Waals surface area contributed by atoms with Gasteiger partial charge in [-0.25, -0.2) is 0 Å². The second-order valence-electron chi connectivity index (χ2n) is 5.28. The molecule has 0 atom stereocenters. The molecule has 0 saturated heterocycles. The third kappa shape index (κ3) is 5.99. The zero-order chi connectivity index (χ0) is 15.2. The van der Waals surface area contributed by atoms with Crippen LogP contribution in [0.2, 0.25) is 10.0 Å². The van der Waals surface area contributed by atoms with Gasteiger partial charge in [-0.1, -0.05) is 37.0 Å². The first-order valence-electron chi connectivity index (χ1n) is 6.29. The predicted molar refractivity (Wildman–Crippen MR) is 80.5 cm³/mol. The summed E-state index contributed by atoms with van der Waals surface area (Å²) in [6, 6.07) is 4.82. The summed E-state index contributed by atoms with van der Waals surface area (Å²) in [5.41, 5.74) is -0.150. The van der Waals surface area contributed by atoms with Crippen molar-refractivity contribution in [3.63, 3.8) is 0 Å². The van der Waals surface area contributed by atoms with Crippen molar-refractivity contribution >= 4 is 29.1 Å². The van der Waals surface area contributed by atoms with Crippen LogP contribution >= 0.6 is 23.2 Å². The minimum absolute atomic E-state index is 0.0970. The molecule has 1 amide bonds. The zero-order valence-electron chi connectivity index (χ0n) is 11.6. The second kappa shape index (κ2) is 7.72. The summed E-state index contributed by atoms with van der Waals surface area (Å²) in [4.78, 5) is 11.7. The molecule has 1 aromatic carbocycles. The Balaban J connectivity index is 2.40. The Kier molecular flexibility index (Phi) is 6.59. The van der Waals surface area contributed by atoms with Crippen LogP contribution in [0.5, 0.6) is 5.75 Å². The fourth-order valence-corrected chi connectivity index (χ4v) is 1.98. The van der Waals surface area contributed by atoms with Crippen LogP contribution < -0.4 is 10.1 Å². The van der Waals surface area contributed by atoms with Crippen molar-refractivity contribution in [1.29, 1.82) is 0 Å². The largest absolute Gasteiger partial charge is 0.482 e. The maximum Gasteiger partial charge on any atom is 0.257 e. The summed E-state index contributed by atoms with van der Waals surface area (Å²) >= 11 is 11.7. The number of aliphatic hydroxyl groups excluding tert-OH is 1. The Morgan fingerprint density at radius 2 is 2.10 bits per heavy atom. The van der Waals surface area contributed by atoms with E-state index in [-0.39, 0.29) is 24.5 Å². The molecular formula is C14H19Cl2NO3. The van der Waals surface area contributed by atoms with Crippen molar-refractivity contribution in [3.8, 4) is 5.75 Å². The maximum atomic E-state index is 11.7. The molecule has 0 aliphatic carbocycles. The number of carbonyl (C=O) groups excluding carboxylic acids is 1. The Bertz CT molecular complexity index is 464. The fraction of sp³-hybridized carbons (Fsp3) is 0.500. The van der Waals surface area contributed by atoms with Gasteiger partial charge >= 0.3 is 0 Å². The topological polar surface area (TPSA) is 58.6 Å². The van der Waals surface area contributed by atoms with Crippen molar-refractivity contribution in [2.45, 2.75) is 20.3 Å². The van der Waals surface area contributed by atoms with E-state index in [4.69, 9.17) is 33.0 Å². The molecule has 112 valence electrons. The molecule has 0 bridgehead atoms. The summed E-state index contributed by atoms with van der Waals surface area (Å²) in [6.45, 7) is 4.40. The molecule has 0 aromatic heterocycles. The molecule has 1 aromatic rings. The Labute approximate surface area is 129 Å². The smallest absolute Gasteiger partial charge is 0.257 e. The van der Waals surface area contributed by atoms with Crippen LogP contribution in [0.15, 0.2) is 18.2 Å². The average Bonchev–Trinajstić information content (AvgIpc) is 2.35. The van der Waals surface area contributed by atoms with Crippen molar-refractivity contribution in [3.05, 3.63) is 28.2 Å². The van der Waals surface area contributed by atoms with E-state index in [1.807, 2.05) is 13.8 Å². The van der Waals surface area contributed by atoms with E-state index in [9.17, 15) is 4.79 Å². The lowest BCUT2D eigenvalue weighted by Gasteiger charge is -2.23. The highest BCUT2D eigenvalue weighted by atomic mass is 35.5. The quantitative estimate of drug-likeness (QED) is 0.812. The molecule has 0 fully saturated rings. The number of nitrogens with one attached hydrogen (secondary N) is 1. The van der Waals surface area contributed by atoms with Gasteiger partial charge in [0, 0.05) is 18.2 Å². The number of carbonyl (C=O) groups is 1. The predicted octanol–water partition coefficient (Wildman–Crippen LogP) is 2.90. The number of hydrogen-bond donors (Lipinski definition) is 2. The number of benzene rings is 1. The highest BCUT2D eigenvalue weighted by molar-refractivity contribution is 6.35. The summed E-state index contributed by atoms with van der Waals surface area (Å²) in [7, 11) is 0. The van der Waals surface area contributed by atoms with Crippen molar-refractivity contribution in [1.82, 2.24) is 5.32 Å². The lowest BCUT2D eigenvalue weighted by molar-refractivity contribution is -0.123. The lowest BCUT2D eigenvalue weighted by atomic mass is 9.90. The minimum Gasteiger partial charge on any atom is -0.482 e. The zero-order valence-corrected chi connectivity index (χ0v) is 13.1. The molecule has 2 N–H and O–H groups in total. The van der Waals surface area contributed by atoms with Gasteiger partial charge in [0.2, 0.25) is 0 Å². The highest BCUT2D eigenvalue weighted by Gasteiger charge is 2.18. The number of halogens is 2. The average molecular weight is 320 g/mol. The molecule has 6 heteroatoms. The second-order valence-corrected chi connectivity index (χ2v) is 6.12. The first-order chi connectivity index (χ1) is 9.34. The van der Waals surface area contributed by atoms with E-state index >= 15 is 0 Å². The van der Waals surface area contributed by atoms with E-state index < -0.39 is 0 Å². The van der Waals surface area contributed by atoms with Crippen molar-refractivity contribution in [2.75, 3.05) is 19.8 Å². The first-order valence-corrected chi connectivity index (χ1v) is 7.05. The van der Waals surface area contributed by atoms with Crippen LogP contribution in [0.1, 0.15) is 20.3 Å². The molecule has 0 unspecified atom stereocenters. The van der Waals surface area contributed by atoms with E-state index in [1.54, 1.807) is 18.2 Å². The van der Waals surface area contributed by atoms with Gasteiger partial charge in [-0.3, -0.25) is 4.79 Å². The van der Waals surface area contributed by atoms with Crippen molar-refractivity contribution in [2.24, 2.45) is 5.41 Å². The Hall–Kier alpha value is -0.970. The number of rotatable bonds is 7. The van der Waals surface area contributed by atoms with Gasteiger partial charge < -0.3 is 15.2 Å². The van der Waals surface area contributed by atoms with Crippen LogP contribution in [0.4, 0.5) is 0 Å². The van der Waals surface area contributed by atoms with E-state index in [0.717, 1.165) is 0 Å². The van der Waals surface area contributed by atoms with Gasteiger partial charge in [-0.05, 0) is 30.0 Å². The monoisotopic (exact) mass is 319 g/mol. The van der Waals surface area contributed by atoms with Crippen molar-refractivity contribution < 1.29 is 14.6 Å². The molecule has 0 heterocycles. The standard InChI is InChI=1S/C14H19Cl2NO3/c1-14(2,5-6-18)9-17-13(19)8-20-12-4-3-10(15)7-11(12)16/h3-4,7,18H,5-6,8-9H2,1-2H3,(H,17,19). The molecule has 1 rings (SSSR count). The summed E-state index contributed by atoms with van der Waals surface area (Å²) in [5, 5.41) is 12.6. The van der Waals surface area contributed by atoms with Crippen LogP contribution in [0.3, 0.4) is 0 Å². The van der Waals surface area contributed by atoms with Gasteiger partial charge in [0.15, 0.2) is 6.61 Å². The molecule has 0 aliphatic heterocycles. The number of amides is 1. The third-order valence-electron chi connectivity index (χ3n) is 2.81. The van der Waals surface area contributed by atoms with Crippen LogP contribution in [-0.4, -0.2) is 30.8 Å². The maximum absolute atomic E-state index is 11.7. The summed E-state index contributed by atoms with van der Waals surface area (Å²) < 4.78 is 5.33. The number of ether oxygens (including phenoxy) is 1. The molecule has 4 nitrogen and oxygen atoms in total. The number of hydrogen-bond acceptors (Lipinski definition) is 3. The molecule has 20 heavy (non-hydrogen) atoms. The minimum atomic E-state index is -0.234. The Morgan fingerprint density at radius 3 is 2.70 bits per heavy atom. The van der Waals surface area contributed by atoms with Crippen LogP contribution in [0.25, 0.3) is 0 Å². The van der Waals surface area contributed by atoms with Gasteiger partial charge in [0.1, 0.15) is 5.75 Å². The molecular weight excluding hydrogens is 301 g/mol. The van der Waals surface area contributed by atoms with Gasteiger partial charge in [0.05, 0.1) is 5.02 Å². The third-order valence-corrected chi connectivity index (χ3v) is 3.34. The van der Waals surface area contributed by atoms with E-state index in [0.29, 0.717) is 28.8 Å². The molecule has 0 spiro atoms. The van der Waals surface area contributed by atoms with Gasteiger partial charge in [-0.2, -0.15) is 0 Å². The Morgan fingerprint density at radius 1 is 1.40 bits per heavy atom. The normalized spacial score (nSPS) is 11.2. The molecule has 0 aliphatic rings. The summed E-state index contributed by atoms with van der Waals surface area (Å²) in [6.07, 6.45) is 0.622. The van der Waals surface area contributed by atoms with E-state index in [2.05, 4.69) is 5.32 Å². The summed E-state index contributed by atoms with van der Waals surface area (Å²) in [5.74, 6) is 0.183. The van der Waals surface area contributed by atoms with E-state index in [1.165, 1.54) is 0 Å². The highest BCUT2D eigenvalue weighted by Crippen LogP contribution is 2.27. The van der Waals surface area contributed by atoms with Crippen LogP contribution in [0, 0.1) is 5.41 Å².